The van der Waals surface area contributed by atoms with Crippen LogP contribution in [0.1, 0.15) is 5.56 Å². The molecule has 0 saturated heterocycles. The number of rotatable bonds is 1. The monoisotopic (exact) mass is 160 g/mol. The predicted octanol–water partition coefficient (Wildman–Crippen LogP) is 2.25. The summed E-state index contributed by atoms with van der Waals surface area (Å²) < 4.78 is 0. The van der Waals surface area contributed by atoms with Gasteiger partial charge in [-0.1, -0.05) is 12.1 Å². The molecule has 0 fully saturated rings. The third kappa shape index (κ3) is 0.881. The Morgan fingerprint density at radius 2 is 2.25 bits per heavy atom. The Bertz CT molecular complexity index is 403. The number of benzene rings is 1. The van der Waals surface area contributed by atoms with Crippen molar-refractivity contribution in [2.24, 2.45) is 0 Å². The Labute approximate surface area is 70.8 Å². The fraction of sp³-hybridized carbons (Fsp3) is 0.100. The first-order valence-corrected chi connectivity index (χ1v) is 3.90. The first-order valence-electron chi connectivity index (χ1n) is 3.90. The van der Waals surface area contributed by atoms with Gasteiger partial charge in [0, 0.05) is 11.6 Å². The van der Waals surface area contributed by atoms with E-state index in [0.717, 1.165) is 22.9 Å². The Balaban J connectivity index is 2.80. The summed E-state index contributed by atoms with van der Waals surface area (Å²) in [7, 11) is 0. The van der Waals surface area contributed by atoms with Crippen molar-refractivity contribution in [2.75, 3.05) is 0 Å². The van der Waals surface area contributed by atoms with Gasteiger partial charge in [0.1, 0.15) is 5.75 Å². The van der Waals surface area contributed by atoms with E-state index in [1.165, 1.54) is 0 Å². The van der Waals surface area contributed by atoms with Gasteiger partial charge < -0.3 is 10.1 Å². The zero-order valence-electron chi connectivity index (χ0n) is 6.67. The molecule has 2 rings (SSSR count). The Morgan fingerprint density at radius 3 is 3.00 bits per heavy atom. The quantitative estimate of drug-likeness (QED) is 0.659. The third-order valence-electron chi connectivity index (χ3n) is 2.05. The molecule has 0 aliphatic rings. The number of hydrogen-bond donors (Lipinski definition) is 2. The summed E-state index contributed by atoms with van der Waals surface area (Å²) >= 11 is 0. The van der Waals surface area contributed by atoms with Crippen LogP contribution in [-0.4, -0.2) is 10.1 Å². The molecule has 1 aromatic heterocycles. The molecule has 0 amide bonds. The molecule has 1 radical (unpaired) electrons. The normalized spacial score (nSPS) is 10.8. The van der Waals surface area contributed by atoms with E-state index in [1.54, 1.807) is 6.07 Å². The highest BCUT2D eigenvalue weighted by Gasteiger charge is 2.03. The summed E-state index contributed by atoms with van der Waals surface area (Å²) in [5.74, 6) is 0.298. The smallest absolute Gasteiger partial charge is 0.139 e. The maximum absolute atomic E-state index is 9.43. The molecular formula is C10H10NO. The van der Waals surface area contributed by atoms with E-state index in [2.05, 4.69) is 11.9 Å². The molecule has 1 heterocycles. The molecule has 2 N–H and O–H groups in total. The number of nitrogens with one attached hydrogen (secondary N) is 1. The van der Waals surface area contributed by atoms with E-state index in [9.17, 15) is 5.11 Å². The van der Waals surface area contributed by atoms with Crippen molar-refractivity contribution in [1.29, 1.82) is 0 Å². The minimum Gasteiger partial charge on any atom is -0.506 e. The summed E-state index contributed by atoms with van der Waals surface area (Å²) in [6.45, 7) is 3.81. The van der Waals surface area contributed by atoms with Crippen molar-refractivity contribution in [1.82, 2.24) is 4.98 Å². The van der Waals surface area contributed by atoms with Gasteiger partial charge in [-0.15, -0.1) is 0 Å². The number of hydrogen-bond acceptors (Lipinski definition) is 1. The third-order valence-corrected chi connectivity index (χ3v) is 2.05. The Hall–Kier alpha value is -1.44. The van der Waals surface area contributed by atoms with E-state index >= 15 is 0 Å². The number of aromatic nitrogens is 1. The molecule has 0 bridgehead atoms. The lowest BCUT2D eigenvalue weighted by molar-refractivity contribution is 0.480. The van der Waals surface area contributed by atoms with Crippen LogP contribution < -0.4 is 0 Å². The highest BCUT2D eigenvalue weighted by atomic mass is 16.3. The van der Waals surface area contributed by atoms with Crippen LogP contribution >= 0.6 is 0 Å². The van der Waals surface area contributed by atoms with E-state index in [1.807, 2.05) is 18.3 Å². The van der Waals surface area contributed by atoms with Crippen LogP contribution in [-0.2, 0) is 6.42 Å². The molecule has 0 unspecified atom stereocenters. The molecule has 0 atom stereocenters. The van der Waals surface area contributed by atoms with Crippen LogP contribution in [0.2, 0.25) is 0 Å². The van der Waals surface area contributed by atoms with E-state index in [4.69, 9.17) is 0 Å². The van der Waals surface area contributed by atoms with Gasteiger partial charge >= 0.3 is 0 Å². The maximum Gasteiger partial charge on any atom is 0.139 e. The maximum atomic E-state index is 9.43. The number of phenols is 1. The molecule has 1 aromatic carbocycles. The van der Waals surface area contributed by atoms with Crippen LogP contribution in [0.15, 0.2) is 24.4 Å². The molecule has 0 spiro atoms. The second-order valence-corrected chi connectivity index (χ2v) is 2.76. The predicted molar refractivity (Wildman–Crippen MR) is 49.0 cm³/mol. The SMILES string of the molecule is [CH2]Cc1c[nH]c2c(O)cccc12. The summed E-state index contributed by atoms with van der Waals surface area (Å²) in [5.41, 5.74) is 1.94. The van der Waals surface area contributed by atoms with Crippen molar-refractivity contribution in [2.45, 2.75) is 6.42 Å². The van der Waals surface area contributed by atoms with Gasteiger partial charge in [0.25, 0.3) is 0 Å². The van der Waals surface area contributed by atoms with Crippen molar-refractivity contribution >= 4 is 10.9 Å². The number of para-hydroxylation sites is 1. The van der Waals surface area contributed by atoms with Crippen LogP contribution in [0, 0.1) is 6.92 Å². The standard InChI is InChI=1S/C10H10NO/c1-2-7-6-11-10-8(7)4-3-5-9(10)12/h3-6,11-12H,1-2H2. The van der Waals surface area contributed by atoms with Crippen molar-refractivity contribution in [3.8, 4) is 5.75 Å². The van der Waals surface area contributed by atoms with Crippen LogP contribution in [0.25, 0.3) is 10.9 Å². The van der Waals surface area contributed by atoms with Gasteiger partial charge in [-0.2, -0.15) is 0 Å². The van der Waals surface area contributed by atoms with Gasteiger partial charge in [0.15, 0.2) is 0 Å². The average molecular weight is 160 g/mol. The Morgan fingerprint density at radius 1 is 1.42 bits per heavy atom. The molecule has 2 aromatic rings. The van der Waals surface area contributed by atoms with E-state index < -0.39 is 0 Å². The molecule has 2 heteroatoms. The molecular weight excluding hydrogens is 150 g/mol. The fourth-order valence-corrected chi connectivity index (χ4v) is 1.40. The minimum absolute atomic E-state index is 0.298. The van der Waals surface area contributed by atoms with Gasteiger partial charge in [0.2, 0.25) is 0 Å². The van der Waals surface area contributed by atoms with Crippen molar-refractivity contribution in [3.63, 3.8) is 0 Å². The van der Waals surface area contributed by atoms with Crippen LogP contribution in [0.4, 0.5) is 0 Å². The number of aromatic hydroxyl groups is 1. The first kappa shape index (κ1) is 7.22. The largest absolute Gasteiger partial charge is 0.506 e. The molecule has 0 aliphatic carbocycles. The van der Waals surface area contributed by atoms with Crippen molar-refractivity contribution in [3.05, 3.63) is 36.9 Å². The highest BCUT2D eigenvalue weighted by Crippen LogP contribution is 2.25. The number of H-pyrrole nitrogens is 1. The topological polar surface area (TPSA) is 36.0 Å². The van der Waals surface area contributed by atoms with Gasteiger partial charge in [-0.05, 0) is 25.0 Å². The second kappa shape index (κ2) is 2.55. The number of phenolic OH excluding ortho intramolecular Hbond substituents is 1. The fourth-order valence-electron chi connectivity index (χ4n) is 1.40. The molecule has 0 saturated carbocycles. The number of aromatic amines is 1. The summed E-state index contributed by atoms with van der Waals surface area (Å²) in [6, 6.07) is 5.49. The van der Waals surface area contributed by atoms with Crippen LogP contribution in [0.3, 0.4) is 0 Å². The average Bonchev–Trinajstić information content (AvgIpc) is 2.49. The molecule has 2 nitrogen and oxygen atoms in total. The lowest BCUT2D eigenvalue weighted by Crippen LogP contribution is -1.74. The summed E-state index contributed by atoms with van der Waals surface area (Å²) in [5, 5.41) is 10.5. The van der Waals surface area contributed by atoms with Crippen LogP contribution in [0.5, 0.6) is 5.75 Å². The molecule has 12 heavy (non-hydrogen) atoms. The summed E-state index contributed by atoms with van der Waals surface area (Å²) in [6.07, 6.45) is 2.63. The van der Waals surface area contributed by atoms with Crippen molar-refractivity contribution < 1.29 is 5.11 Å². The molecule has 0 aliphatic heterocycles. The lowest BCUT2D eigenvalue weighted by atomic mass is 10.1. The minimum atomic E-state index is 0.298. The van der Waals surface area contributed by atoms with Gasteiger partial charge in [-0.25, -0.2) is 0 Å². The molecule has 61 valence electrons. The summed E-state index contributed by atoms with van der Waals surface area (Å²) in [4.78, 5) is 3.02. The number of fused-ring (bicyclic) bond motifs is 1. The highest BCUT2D eigenvalue weighted by molar-refractivity contribution is 5.88. The van der Waals surface area contributed by atoms with E-state index in [-0.39, 0.29) is 0 Å². The zero-order valence-corrected chi connectivity index (χ0v) is 6.67. The Kier molecular flexibility index (Phi) is 1.54. The van der Waals surface area contributed by atoms with E-state index in [0.29, 0.717) is 5.75 Å². The lowest BCUT2D eigenvalue weighted by Gasteiger charge is -1.94. The second-order valence-electron chi connectivity index (χ2n) is 2.76. The van der Waals surface area contributed by atoms with Gasteiger partial charge in [-0.3, -0.25) is 0 Å². The zero-order chi connectivity index (χ0) is 8.55. The van der Waals surface area contributed by atoms with Gasteiger partial charge in [0.05, 0.1) is 5.52 Å². The first-order chi connectivity index (χ1) is 5.83.